The fourth-order valence-electron chi connectivity index (χ4n) is 2.85. The van der Waals surface area contributed by atoms with Gasteiger partial charge < -0.3 is 15.0 Å². The molecule has 0 aliphatic carbocycles. The van der Waals surface area contributed by atoms with Crippen molar-refractivity contribution in [1.82, 2.24) is 15.3 Å². The summed E-state index contributed by atoms with van der Waals surface area (Å²) in [4.78, 5) is 26.4. The number of ether oxygens (including phenoxy) is 1. The van der Waals surface area contributed by atoms with Crippen molar-refractivity contribution in [2.75, 3.05) is 40.3 Å². The third kappa shape index (κ3) is 11.2. The summed E-state index contributed by atoms with van der Waals surface area (Å²) in [6.07, 6.45) is 4.69. The van der Waals surface area contributed by atoms with Crippen LogP contribution in [0.2, 0.25) is 0 Å². The van der Waals surface area contributed by atoms with Crippen molar-refractivity contribution in [1.29, 1.82) is 0 Å². The number of benzene rings is 1. The Kier molecular flexibility index (Phi) is 12.8. The summed E-state index contributed by atoms with van der Waals surface area (Å²) in [6, 6.07) is 6.97. The third-order valence-corrected chi connectivity index (χ3v) is 4.68. The molecule has 0 aliphatic heterocycles. The number of hydrogen-bond acceptors (Lipinski definition) is 5. The number of amides is 2. The second kappa shape index (κ2) is 14.8. The third-order valence-electron chi connectivity index (χ3n) is 4.68. The number of carbonyl (C=O) groups excluding carboxylic acids is 2. The second-order valence-corrected chi connectivity index (χ2v) is 8.27. The van der Waals surface area contributed by atoms with E-state index in [1.54, 1.807) is 18.2 Å². The van der Waals surface area contributed by atoms with Crippen LogP contribution >= 0.6 is 0 Å². The van der Waals surface area contributed by atoms with Crippen LogP contribution in [0.3, 0.4) is 0 Å². The Morgan fingerprint density at radius 3 is 2.50 bits per heavy atom. The van der Waals surface area contributed by atoms with Crippen LogP contribution in [0, 0.1) is 5.92 Å². The van der Waals surface area contributed by atoms with E-state index >= 15 is 0 Å². The van der Waals surface area contributed by atoms with Gasteiger partial charge >= 0.3 is 0 Å². The highest BCUT2D eigenvalue weighted by Crippen LogP contribution is 2.20. The Hall–Kier alpha value is -2.12. The van der Waals surface area contributed by atoms with E-state index in [0.717, 1.165) is 43.7 Å². The van der Waals surface area contributed by atoms with E-state index in [9.17, 15) is 14.8 Å². The van der Waals surface area contributed by atoms with Gasteiger partial charge in [-0.15, -0.1) is 0 Å². The lowest BCUT2D eigenvalue weighted by molar-refractivity contribution is -0.121. The van der Waals surface area contributed by atoms with Crippen LogP contribution in [0.5, 0.6) is 5.75 Å². The zero-order valence-corrected chi connectivity index (χ0v) is 19.0. The van der Waals surface area contributed by atoms with Crippen LogP contribution in [0.1, 0.15) is 62.7 Å². The van der Waals surface area contributed by atoms with Crippen molar-refractivity contribution in [2.24, 2.45) is 5.92 Å². The molecule has 2 amide bonds. The topological polar surface area (TPSA) is 82.1 Å². The Bertz CT molecular complexity index is 635. The molecule has 0 aliphatic rings. The SMILES string of the molecule is CC(C)CCN(O)C(=O)c1ccccc1OCCCCCC(=O)NCCCN(C)C. The number of carbonyl (C=O) groups is 2. The van der Waals surface area contributed by atoms with Crippen molar-refractivity contribution in [3.63, 3.8) is 0 Å². The summed E-state index contributed by atoms with van der Waals surface area (Å²) in [5, 5.41) is 13.7. The molecular formula is C23H39N3O4. The Balaban J connectivity index is 2.29. The van der Waals surface area contributed by atoms with Crippen LogP contribution in [0.4, 0.5) is 0 Å². The minimum Gasteiger partial charge on any atom is -0.493 e. The smallest absolute Gasteiger partial charge is 0.280 e. The molecule has 170 valence electrons. The molecule has 0 fully saturated rings. The minimum atomic E-state index is -0.447. The average Bonchev–Trinajstić information content (AvgIpc) is 2.71. The van der Waals surface area contributed by atoms with Gasteiger partial charge in [-0.1, -0.05) is 26.0 Å². The quantitative estimate of drug-likeness (QED) is 0.257. The average molecular weight is 422 g/mol. The van der Waals surface area contributed by atoms with E-state index in [-0.39, 0.29) is 5.91 Å². The van der Waals surface area contributed by atoms with Gasteiger partial charge in [0.2, 0.25) is 5.91 Å². The molecule has 0 radical (unpaired) electrons. The molecule has 0 atom stereocenters. The van der Waals surface area contributed by atoms with E-state index in [1.807, 2.05) is 34.0 Å². The number of para-hydroxylation sites is 1. The molecule has 2 N–H and O–H groups in total. The van der Waals surface area contributed by atoms with Gasteiger partial charge in [0.1, 0.15) is 5.75 Å². The summed E-state index contributed by atoms with van der Waals surface area (Å²) >= 11 is 0. The minimum absolute atomic E-state index is 0.0926. The first-order valence-corrected chi connectivity index (χ1v) is 10.9. The molecule has 0 bridgehead atoms. The van der Waals surface area contributed by atoms with Gasteiger partial charge in [0.05, 0.1) is 12.2 Å². The van der Waals surface area contributed by atoms with Crippen LogP contribution in [-0.2, 0) is 4.79 Å². The number of nitrogens with one attached hydrogen (secondary N) is 1. The Morgan fingerprint density at radius 1 is 1.07 bits per heavy atom. The highest BCUT2D eigenvalue weighted by Gasteiger charge is 2.18. The molecule has 30 heavy (non-hydrogen) atoms. The molecule has 1 rings (SSSR count). The molecule has 0 spiro atoms. The van der Waals surface area contributed by atoms with Crippen LogP contribution in [-0.4, -0.2) is 67.3 Å². The lowest BCUT2D eigenvalue weighted by Crippen LogP contribution is -2.29. The summed E-state index contributed by atoms with van der Waals surface area (Å²) < 4.78 is 5.78. The highest BCUT2D eigenvalue weighted by atomic mass is 16.5. The van der Waals surface area contributed by atoms with Gasteiger partial charge in [0.15, 0.2) is 0 Å². The largest absolute Gasteiger partial charge is 0.493 e. The molecule has 7 heteroatoms. The van der Waals surface area contributed by atoms with Crippen molar-refractivity contribution in [3.8, 4) is 5.75 Å². The standard InChI is InChI=1S/C23H39N3O4/c1-19(2)14-17-26(29)23(28)20-11-7-8-12-21(20)30-18-9-5-6-13-22(27)24-15-10-16-25(3)4/h7-8,11-12,19,29H,5-6,9-10,13-18H2,1-4H3,(H,24,27). The predicted molar refractivity (Wildman–Crippen MR) is 119 cm³/mol. The summed E-state index contributed by atoms with van der Waals surface area (Å²) in [6.45, 7) is 6.53. The zero-order chi connectivity index (χ0) is 22.4. The summed E-state index contributed by atoms with van der Waals surface area (Å²) in [7, 11) is 4.04. The Labute approximate surface area is 181 Å². The number of hydroxylamine groups is 2. The first kappa shape index (κ1) is 25.9. The first-order valence-electron chi connectivity index (χ1n) is 10.9. The molecule has 7 nitrogen and oxygen atoms in total. The molecule has 0 saturated heterocycles. The second-order valence-electron chi connectivity index (χ2n) is 8.27. The van der Waals surface area contributed by atoms with E-state index in [0.29, 0.717) is 43.3 Å². The van der Waals surface area contributed by atoms with Crippen molar-refractivity contribution in [2.45, 2.75) is 52.4 Å². The monoisotopic (exact) mass is 421 g/mol. The predicted octanol–water partition coefficient (Wildman–Crippen LogP) is 3.57. The van der Waals surface area contributed by atoms with E-state index < -0.39 is 5.91 Å². The fourth-order valence-corrected chi connectivity index (χ4v) is 2.85. The molecule has 0 unspecified atom stereocenters. The highest BCUT2D eigenvalue weighted by molar-refractivity contribution is 5.96. The lowest BCUT2D eigenvalue weighted by Gasteiger charge is -2.18. The Morgan fingerprint density at radius 2 is 1.80 bits per heavy atom. The van der Waals surface area contributed by atoms with Gasteiger partial charge in [-0.3, -0.25) is 14.8 Å². The maximum atomic E-state index is 12.5. The number of nitrogens with zero attached hydrogens (tertiary/aromatic N) is 2. The molecule has 1 aromatic carbocycles. The van der Waals surface area contributed by atoms with E-state index in [4.69, 9.17) is 4.74 Å². The molecule has 0 aromatic heterocycles. The number of rotatable bonds is 15. The summed E-state index contributed by atoms with van der Waals surface area (Å²) in [5.41, 5.74) is 0.362. The van der Waals surface area contributed by atoms with E-state index in [1.165, 1.54) is 0 Å². The number of unbranched alkanes of at least 4 members (excludes halogenated alkanes) is 2. The van der Waals surface area contributed by atoms with Gasteiger partial charge in [-0.2, -0.15) is 0 Å². The van der Waals surface area contributed by atoms with Crippen molar-refractivity contribution in [3.05, 3.63) is 29.8 Å². The molecule has 0 saturated carbocycles. The van der Waals surface area contributed by atoms with E-state index in [2.05, 4.69) is 10.2 Å². The lowest BCUT2D eigenvalue weighted by atomic mass is 10.1. The van der Waals surface area contributed by atoms with Crippen molar-refractivity contribution < 1.29 is 19.5 Å². The summed E-state index contributed by atoms with van der Waals surface area (Å²) in [5.74, 6) is 0.524. The van der Waals surface area contributed by atoms with Crippen molar-refractivity contribution >= 4 is 11.8 Å². The maximum Gasteiger partial charge on any atom is 0.280 e. The van der Waals surface area contributed by atoms with Gasteiger partial charge in [-0.25, -0.2) is 5.06 Å². The first-order chi connectivity index (χ1) is 14.3. The van der Waals surface area contributed by atoms with Gasteiger partial charge in [-0.05, 0) is 70.8 Å². The molecular weight excluding hydrogens is 382 g/mol. The normalized spacial score (nSPS) is 11.0. The molecule has 1 aromatic rings. The van der Waals surface area contributed by atoms with Gasteiger partial charge in [0, 0.05) is 19.5 Å². The zero-order valence-electron chi connectivity index (χ0n) is 19.0. The van der Waals surface area contributed by atoms with Crippen LogP contribution < -0.4 is 10.1 Å². The van der Waals surface area contributed by atoms with Gasteiger partial charge in [0.25, 0.3) is 5.91 Å². The number of hydrogen-bond donors (Lipinski definition) is 2. The van der Waals surface area contributed by atoms with Crippen LogP contribution in [0.15, 0.2) is 24.3 Å². The molecule has 0 heterocycles. The maximum absolute atomic E-state index is 12.5. The fraction of sp³-hybridized carbons (Fsp3) is 0.652. The van der Waals surface area contributed by atoms with Crippen LogP contribution in [0.25, 0.3) is 0 Å².